The first kappa shape index (κ1) is 11.6. The first-order chi connectivity index (χ1) is 8.03. The van der Waals surface area contributed by atoms with Crippen LogP contribution in [0.3, 0.4) is 0 Å². The molecule has 0 aromatic carbocycles. The van der Waals surface area contributed by atoms with Crippen LogP contribution in [0.2, 0.25) is 0 Å². The molecule has 1 aromatic rings. The zero-order valence-electron chi connectivity index (χ0n) is 9.51. The number of carboxylic acids is 1. The molecule has 2 N–H and O–H groups in total. The molecule has 0 aliphatic carbocycles. The molecule has 0 spiro atoms. The Morgan fingerprint density at radius 3 is 2.59 bits per heavy atom. The van der Waals surface area contributed by atoms with E-state index in [1.807, 2.05) is 0 Å². The Balaban J connectivity index is 2.00. The lowest BCUT2D eigenvalue weighted by atomic mass is 9.80. The Morgan fingerprint density at radius 2 is 2.12 bits per heavy atom. The van der Waals surface area contributed by atoms with Crippen LogP contribution in [-0.4, -0.2) is 50.4 Å². The van der Waals surface area contributed by atoms with Crippen molar-refractivity contribution in [2.24, 2.45) is 5.41 Å². The van der Waals surface area contributed by atoms with Crippen molar-refractivity contribution in [1.29, 1.82) is 0 Å². The molecule has 0 saturated carbocycles. The van der Waals surface area contributed by atoms with E-state index in [0.717, 1.165) is 0 Å². The number of H-pyrrole nitrogens is 1. The predicted molar refractivity (Wildman–Crippen MR) is 57.3 cm³/mol. The van der Waals surface area contributed by atoms with Gasteiger partial charge in [-0.05, 0) is 19.8 Å². The summed E-state index contributed by atoms with van der Waals surface area (Å²) >= 11 is 0. The average molecular weight is 238 g/mol. The van der Waals surface area contributed by atoms with Gasteiger partial charge in [0.15, 0.2) is 5.69 Å². The van der Waals surface area contributed by atoms with Gasteiger partial charge in [-0.25, -0.2) is 0 Å². The van der Waals surface area contributed by atoms with Gasteiger partial charge in [0.25, 0.3) is 5.91 Å². The van der Waals surface area contributed by atoms with Gasteiger partial charge in [0.1, 0.15) is 0 Å². The smallest absolute Gasteiger partial charge is 0.309 e. The summed E-state index contributed by atoms with van der Waals surface area (Å²) in [4.78, 5) is 24.6. The van der Waals surface area contributed by atoms with Gasteiger partial charge in [-0.15, -0.1) is 0 Å². The lowest BCUT2D eigenvalue weighted by Crippen LogP contribution is -2.45. The number of nitrogens with zero attached hydrogens (tertiary/aromatic N) is 3. The number of amides is 1. The molecule has 1 saturated heterocycles. The Bertz CT molecular complexity index is 421. The second-order valence-electron chi connectivity index (χ2n) is 4.51. The van der Waals surface area contributed by atoms with E-state index in [9.17, 15) is 9.59 Å². The summed E-state index contributed by atoms with van der Waals surface area (Å²) < 4.78 is 0. The average Bonchev–Trinajstić information content (AvgIpc) is 2.82. The molecule has 1 amide bonds. The Hall–Kier alpha value is -1.92. The van der Waals surface area contributed by atoms with Gasteiger partial charge >= 0.3 is 5.97 Å². The number of rotatable bonds is 2. The van der Waals surface area contributed by atoms with Crippen LogP contribution in [-0.2, 0) is 4.79 Å². The van der Waals surface area contributed by atoms with E-state index in [1.165, 1.54) is 6.20 Å². The van der Waals surface area contributed by atoms with Crippen LogP contribution in [0.25, 0.3) is 0 Å². The molecular formula is C10H14N4O3. The minimum absolute atomic E-state index is 0.203. The minimum atomic E-state index is -0.800. The van der Waals surface area contributed by atoms with Crippen LogP contribution in [0.1, 0.15) is 30.3 Å². The SMILES string of the molecule is CC1(C(=O)O)CCN(C(=O)c2cn[nH]n2)CC1. The topological polar surface area (TPSA) is 99.2 Å². The van der Waals surface area contributed by atoms with E-state index in [4.69, 9.17) is 5.11 Å². The fraction of sp³-hybridized carbons (Fsp3) is 0.600. The lowest BCUT2D eigenvalue weighted by Gasteiger charge is -2.36. The van der Waals surface area contributed by atoms with E-state index in [-0.39, 0.29) is 11.6 Å². The second kappa shape index (κ2) is 4.15. The fourth-order valence-electron chi connectivity index (χ4n) is 1.88. The maximum Gasteiger partial charge on any atom is 0.309 e. The molecular weight excluding hydrogens is 224 g/mol. The summed E-state index contributed by atoms with van der Waals surface area (Å²) in [5, 5.41) is 18.8. The number of hydrogen-bond donors (Lipinski definition) is 2. The fourth-order valence-corrected chi connectivity index (χ4v) is 1.88. The van der Waals surface area contributed by atoms with E-state index < -0.39 is 11.4 Å². The van der Waals surface area contributed by atoms with Gasteiger partial charge in [0.05, 0.1) is 11.6 Å². The largest absolute Gasteiger partial charge is 0.481 e. The monoisotopic (exact) mass is 238 g/mol. The number of nitrogens with one attached hydrogen (secondary N) is 1. The first-order valence-electron chi connectivity index (χ1n) is 5.41. The molecule has 1 fully saturated rings. The van der Waals surface area contributed by atoms with Crippen molar-refractivity contribution in [3.8, 4) is 0 Å². The van der Waals surface area contributed by atoms with Gasteiger partial charge in [-0.2, -0.15) is 15.4 Å². The highest BCUT2D eigenvalue weighted by Gasteiger charge is 2.38. The van der Waals surface area contributed by atoms with Crippen LogP contribution >= 0.6 is 0 Å². The quantitative estimate of drug-likeness (QED) is 0.763. The number of piperidine rings is 1. The summed E-state index contributed by atoms with van der Waals surface area (Å²) in [6, 6.07) is 0. The highest BCUT2D eigenvalue weighted by Crippen LogP contribution is 2.31. The van der Waals surface area contributed by atoms with Crippen LogP contribution < -0.4 is 0 Å². The number of hydrogen-bond acceptors (Lipinski definition) is 4. The Labute approximate surface area is 97.8 Å². The molecule has 1 aliphatic rings. The van der Waals surface area contributed by atoms with Crippen molar-refractivity contribution in [2.75, 3.05) is 13.1 Å². The number of carbonyl (C=O) groups is 2. The van der Waals surface area contributed by atoms with Crippen LogP contribution in [0, 0.1) is 5.41 Å². The second-order valence-corrected chi connectivity index (χ2v) is 4.51. The summed E-state index contributed by atoms with van der Waals surface area (Å²) in [7, 11) is 0. The highest BCUT2D eigenvalue weighted by atomic mass is 16.4. The van der Waals surface area contributed by atoms with Gasteiger partial charge in [0.2, 0.25) is 0 Å². The zero-order valence-corrected chi connectivity index (χ0v) is 9.51. The lowest BCUT2D eigenvalue weighted by molar-refractivity contribution is -0.150. The van der Waals surface area contributed by atoms with Crippen LogP contribution in [0.4, 0.5) is 0 Å². The first-order valence-corrected chi connectivity index (χ1v) is 5.41. The van der Waals surface area contributed by atoms with Crippen molar-refractivity contribution in [3.05, 3.63) is 11.9 Å². The van der Waals surface area contributed by atoms with Gasteiger partial charge in [-0.3, -0.25) is 9.59 Å². The Morgan fingerprint density at radius 1 is 1.47 bits per heavy atom. The van der Waals surface area contributed by atoms with Gasteiger partial charge in [0, 0.05) is 13.1 Å². The van der Waals surface area contributed by atoms with Gasteiger partial charge in [-0.1, -0.05) is 0 Å². The molecule has 7 nitrogen and oxygen atoms in total. The summed E-state index contributed by atoms with van der Waals surface area (Å²) in [6.45, 7) is 2.59. The van der Waals surface area contributed by atoms with Crippen molar-refractivity contribution >= 4 is 11.9 Å². The van der Waals surface area contributed by atoms with Crippen LogP contribution in [0.5, 0.6) is 0 Å². The van der Waals surface area contributed by atoms with Crippen LogP contribution in [0.15, 0.2) is 6.20 Å². The molecule has 0 bridgehead atoms. The number of carboxylic acid groups (broad SMARTS) is 1. The molecule has 2 heterocycles. The molecule has 1 aliphatic heterocycles. The maximum absolute atomic E-state index is 11.9. The van der Waals surface area contributed by atoms with E-state index in [1.54, 1.807) is 11.8 Å². The molecule has 92 valence electrons. The minimum Gasteiger partial charge on any atom is -0.481 e. The van der Waals surface area contributed by atoms with Gasteiger partial charge < -0.3 is 10.0 Å². The molecule has 0 unspecified atom stereocenters. The molecule has 2 rings (SSSR count). The Kier molecular flexibility index (Phi) is 2.83. The summed E-state index contributed by atoms with van der Waals surface area (Å²) in [5.74, 6) is -1.00. The van der Waals surface area contributed by atoms with E-state index >= 15 is 0 Å². The number of aliphatic carboxylic acids is 1. The molecule has 17 heavy (non-hydrogen) atoms. The predicted octanol–water partition coefficient (Wildman–Crippen LogP) is 0.132. The highest BCUT2D eigenvalue weighted by molar-refractivity contribution is 5.92. The molecule has 7 heteroatoms. The molecule has 0 radical (unpaired) electrons. The van der Waals surface area contributed by atoms with E-state index in [0.29, 0.717) is 25.9 Å². The number of aromatic nitrogens is 3. The third-order valence-corrected chi connectivity index (χ3v) is 3.30. The third-order valence-electron chi connectivity index (χ3n) is 3.30. The van der Waals surface area contributed by atoms with Crippen molar-refractivity contribution in [3.63, 3.8) is 0 Å². The van der Waals surface area contributed by atoms with Crippen molar-refractivity contribution in [2.45, 2.75) is 19.8 Å². The normalized spacial score (nSPS) is 19.0. The zero-order chi connectivity index (χ0) is 12.5. The molecule has 1 aromatic heterocycles. The summed E-state index contributed by atoms with van der Waals surface area (Å²) in [5.41, 5.74) is -0.454. The third kappa shape index (κ3) is 2.13. The summed E-state index contributed by atoms with van der Waals surface area (Å²) in [6.07, 6.45) is 2.30. The van der Waals surface area contributed by atoms with E-state index in [2.05, 4.69) is 15.4 Å². The number of likely N-dealkylation sites (tertiary alicyclic amines) is 1. The number of aromatic amines is 1. The number of carbonyl (C=O) groups excluding carboxylic acids is 1. The molecule has 0 atom stereocenters. The maximum atomic E-state index is 11.9. The standard InChI is InChI=1S/C10H14N4O3/c1-10(9(16)17)2-4-14(5-3-10)8(15)7-6-11-13-12-7/h6H,2-5H2,1H3,(H,16,17)(H,11,12,13). The van der Waals surface area contributed by atoms with Crippen molar-refractivity contribution in [1.82, 2.24) is 20.3 Å². The van der Waals surface area contributed by atoms with Crippen molar-refractivity contribution < 1.29 is 14.7 Å².